The van der Waals surface area contributed by atoms with Gasteiger partial charge in [0, 0.05) is 44.5 Å². The number of H-pyrrole nitrogens is 1. The lowest BCUT2D eigenvalue weighted by atomic mass is 10.1. The number of nitrogens with zero attached hydrogens (tertiary/aromatic N) is 4. The van der Waals surface area contributed by atoms with E-state index >= 15 is 0 Å². The molecule has 2 aromatic heterocycles. The van der Waals surface area contributed by atoms with E-state index in [1.807, 2.05) is 13.0 Å². The minimum absolute atomic E-state index is 0.235. The van der Waals surface area contributed by atoms with Crippen LogP contribution < -0.4 is 10.2 Å². The van der Waals surface area contributed by atoms with Crippen LogP contribution in [0.25, 0.3) is 11.0 Å². The fraction of sp³-hybridized carbons (Fsp3) is 0.421. The second-order valence-electron chi connectivity index (χ2n) is 6.80. The van der Waals surface area contributed by atoms with Crippen molar-refractivity contribution in [2.45, 2.75) is 32.0 Å². The van der Waals surface area contributed by atoms with Crippen LogP contribution in [0.3, 0.4) is 0 Å². The van der Waals surface area contributed by atoms with Crippen LogP contribution in [0.2, 0.25) is 0 Å². The summed E-state index contributed by atoms with van der Waals surface area (Å²) < 4.78 is 5.60. The number of aromatic nitrogens is 4. The van der Waals surface area contributed by atoms with Crippen molar-refractivity contribution < 1.29 is 4.74 Å². The van der Waals surface area contributed by atoms with Crippen LogP contribution in [0.5, 0.6) is 0 Å². The Hall–Kier alpha value is -2.51. The molecule has 7 heteroatoms. The Morgan fingerprint density at radius 3 is 3.04 bits per heavy atom. The standard InChI is InChI=1S/C19H24N6O/c1-13-5-19(24-11-21-13)25-10-16(26-2)7-15(25)9-20-8-14-3-4-17-18(6-14)23-12-22-17/h3-6,11-12,15-16,20H,7-10H2,1-2H3,(H,22,23)/t15-,16-/m0/s1. The number of anilines is 1. The van der Waals surface area contributed by atoms with Crippen molar-refractivity contribution in [2.75, 3.05) is 25.1 Å². The molecule has 1 aliphatic heterocycles. The first-order chi connectivity index (χ1) is 12.7. The molecule has 1 saturated heterocycles. The maximum absolute atomic E-state index is 5.60. The first kappa shape index (κ1) is 16.9. The number of hydrogen-bond acceptors (Lipinski definition) is 6. The molecule has 26 heavy (non-hydrogen) atoms. The Morgan fingerprint density at radius 1 is 1.27 bits per heavy atom. The summed E-state index contributed by atoms with van der Waals surface area (Å²) in [5.74, 6) is 0.975. The monoisotopic (exact) mass is 352 g/mol. The van der Waals surface area contributed by atoms with Gasteiger partial charge in [0.1, 0.15) is 12.1 Å². The number of methoxy groups -OCH3 is 1. The van der Waals surface area contributed by atoms with Crippen LogP contribution >= 0.6 is 0 Å². The molecule has 0 aliphatic carbocycles. The van der Waals surface area contributed by atoms with Gasteiger partial charge in [-0.05, 0) is 31.0 Å². The normalized spacial score (nSPS) is 20.2. The molecule has 3 aromatic rings. The van der Waals surface area contributed by atoms with Crippen LogP contribution in [0.15, 0.2) is 36.9 Å². The second-order valence-corrected chi connectivity index (χ2v) is 6.80. The largest absolute Gasteiger partial charge is 0.380 e. The highest BCUT2D eigenvalue weighted by molar-refractivity contribution is 5.74. The smallest absolute Gasteiger partial charge is 0.132 e. The van der Waals surface area contributed by atoms with Crippen molar-refractivity contribution in [2.24, 2.45) is 0 Å². The molecule has 2 atom stereocenters. The SMILES string of the molecule is CO[C@H]1C[C@@H](CNCc2ccc3nc[nH]c3c2)N(c2cc(C)ncn2)C1. The van der Waals surface area contributed by atoms with E-state index in [4.69, 9.17) is 4.74 Å². The van der Waals surface area contributed by atoms with Crippen LogP contribution in [-0.2, 0) is 11.3 Å². The van der Waals surface area contributed by atoms with Crippen molar-refractivity contribution in [3.8, 4) is 0 Å². The molecule has 1 aromatic carbocycles. The second kappa shape index (κ2) is 7.39. The minimum Gasteiger partial charge on any atom is -0.380 e. The molecule has 0 saturated carbocycles. The Morgan fingerprint density at radius 2 is 2.19 bits per heavy atom. The zero-order chi connectivity index (χ0) is 17.9. The van der Waals surface area contributed by atoms with Gasteiger partial charge in [0.2, 0.25) is 0 Å². The van der Waals surface area contributed by atoms with Crippen LogP contribution in [0.1, 0.15) is 17.7 Å². The van der Waals surface area contributed by atoms with Gasteiger partial charge in [0.25, 0.3) is 0 Å². The molecule has 7 nitrogen and oxygen atoms in total. The summed E-state index contributed by atoms with van der Waals surface area (Å²) in [6.45, 7) is 4.55. The van der Waals surface area contributed by atoms with Gasteiger partial charge in [-0.15, -0.1) is 0 Å². The Labute approximate surface area is 152 Å². The number of fused-ring (bicyclic) bond motifs is 1. The molecule has 2 N–H and O–H groups in total. The number of ether oxygens (including phenoxy) is 1. The maximum Gasteiger partial charge on any atom is 0.132 e. The lowest BCUT2D eigenvalue weighted by Gasteiger charge is -2.25. The third-order valence-corrected chi connectivity index (χ3v) is 4.99. The van der Waals surface area contributed by atoms with Gasteiger partial charge in [0.15, 0.2) is 0 Å². The number of hydrogen-bond donors (Lipinski definition) is 2. The molecule has 0 radical (unpaired) electrons. The topological polar surface area (TPSA) is 79.0 Å². The number of imidazole rings is 1. The number of benzene rings is 1. The zero-order valence-electron chi connectivity index (χ0n) is 15.1. The lowest BCUT2D eigenvalue weighted by molar-refractivity contribution is 0.118. The highest BCUT2D eigenvalue weighted by Gasteiger charge is 2.32. The van der Waals surface area contributed by atoms with Gasteiger partial charge in [-0.2, -0.15) is 0 Å². The third-order valence-electron chi connectivity index (χ3n) is 4.99. The van der Waals surface area contributed by atoms with Crippen molar-refractivity contribution >= 4 is 16.9 Å². The van der Waals surface area contributed by atoms with Crippen molar-refractivity contribution in [1.29, 1.82) is 0 Å². The molecule has 0 bridgehead atoms. The average Bonchev–Trinajstić information content (AvgIpc) is 3.28. The molecule has 4 rings (SSSR count). The van der Waals surface area contributed by atoms with E-state index in [-0.39, 0.29) is 6.10 Å². The van der Waals surface area contributed by atoms with E-state index in [1.54, 1.807) is 19.8 Å². The van der Waals surface area contributed by atoms with Crippen molar-refractivity contribution in [1.82, 2.24) is 25.3 Å². The van der Waals surface area contributed by atoms with Crippen molar-refractivity contribution in [3.63, 3.8) is 0 Å². The quantitative estimate of drug-likeness (QED) is 0.707. The summed E-state index contributed by atoms with van der Waals surface area (Å²) in [6.07, 6.45) is 4.59. The van der Waals surface area contributed by atoms with E-state index in [9.17, 15) is 0 Å². The molecule has 1 fully saturated rings. The number of nitrogens with one attached hydrogen (secondary N) is 2. The summed E-state index contributed by atoms with van der Waals surface area (Å²) in [5, 5.41) is 3.58. The molecule has 0 unspecified atom stereocenters. The maximum atomic E-state index is 5.60. The molecule has 136 valence electrons. The highest BCUT2D eigenvalue weighted by atomic mass is 16.5. The average molecular weight is 352 g/mol. The molecular weight excluding hydrogens is 328 g/mol. The summed E-state index contributed by atoms with van der Waals surface area (Å²) >= 11 is 0. The van der Waals surface area contributed by atoms with E-state index in [2.05, 4.69) is 48.4 Å². The highest BCUT2D eigenvalue weighted by Crippen LogP contribution is 2.25. The van der Waals surface area contributed by atoms with Crippen LogP contribution in [0, 0.1) is 6.92 Å². The van der Waals surface area contributed by atoms with Gasteiger partial charge >= 0.3 is 0 Å². The number of aromatic amines is 1. The predicted octanol–water partition coefficient (Wildman–Crippen LogP) is 2.04. The summed E-state index contributed by atoms with van der Waals surface area (Å²) in [4.78, 5) is 18.4. The molecule has 3 heterocycles. The van der Waals surface area contributed by atoms with Crippen LogP contribution in [0.4, 0.5) is 5.82 Å². The van der Waals surface area contributed by atoms with Crippen molar-refractivity contribution in [3.05, 3.63) is 48.2 Å². The molecule has 0 spiro atoms. The summed E-state index contributed by atoms with van der Waals surface area (Å²) in [5.41, 5.74) is 4.29. The fourth-order valence-electron chi connectivity index (χ4n) is 3.59. The zero-order valence-corrected chi connectivity index (χ0v) is 15.1. The van der Waals surface area contributed by atoms with Gasteiger partial charge in [-0.1, -0.05) is 6.07 Å². The van der Waals surface area contributed by atoms with Crippen LogP contribution in [-0.4, -0.2) is 52.3 Å². The van der Waals surface area contributed by atoms with E-state index < -0.39 is 0 Å². The van der Waals surface area contributed by atoms with Gasteiger partial charge in [0.05, 0.1) is 23.5 Å². The fourth-order valence-corrected chi connectivity index (χ4v) is 3.59. The Bertz CT molecular complexity index is 879. The first-order valence-electron chi connectivity index (χ1n) is 8.94. The Kier molecular flexibility index (Phi) is 4.81. The van der Waals surface area contributed by atoms with Gasteiger partial charge < -0.3 is 19.9 Å². The third kappa shape index (κ3) is 3.54. The summed E-state index contributed by atoms with van der Waals surface area (Å²) in [7, 11) is 1.78. The molecule has 1 aliphatic rings. The van der Waals surface area contributed by atoms with E-state index in [0.717, 1.165) is 48.6 Å². The number of rotatable bonds is 6. The molecular formula is C19H24N6O. The minimum atomic E-state index is 0.235. The predicted molar refractivity (Wildman–Crippen MR) is 101 cm³/mol. The Balaban J connectivity index is 1.41. The first-order valence-corrected chi connectivity index (χ1v) is 8.94. The summed E-state index contributed by atoms with van der Waals surface area (Å²) in [6, 6.07) is 8.71. The van der Waals surface area contributed by atoms with Gasteiger partial charge in [-0.25, -0.2) is 15.0 Å². The number of aryl methyl sites for hydroxylation is 1. The molecule has 0 amide bonds. The van der Waals surface area contributed by atoms with Gasteiger partial charge in [-0.3, -0.25) is 0 Å². The van der Waals surface area contributed by atoms with E-state index in [0.29, 0.717) is 6.04 Å². The van der Waals surface area contributed by atoms with E-state index in [1.165, 1.54) is 5.56 Å². The lowest BCUT2D eigenvalue weighted by Crippen LogP contribution is -2.38.